The molecule has 1 saturated heterocycles. The summed E-state index contributed by atoms with van der Waals surface area (Å²) in [6.07, 6.45) is 3.35. The Morgan fingerprint density at radius 3 is 2.41 bits per heavy atom. The average Bonchev–Trinajstić information content (AvgIpc) is 2.82. The summed E-state index contributed by atoms with van der Waals surface area (Å²) in [5.41, 5.74) is 1.32. The van der Waals surface area contributed by atoms with E-state index in [0.717, 1.165) is 16.8 Å². The van der Waals surface area contributed by atoms with Crippen LogP contribution in [0, 0.1) is 0 Å². The average molecular weight is 438 g/mol. The van der Waals surface area contributed by atoms with Crippen LogP contribution in [0.4, 0.5) is 5.82 Å². The van der Waals surface area contributed by atoms with Gasteiger partial charge in [-0.05, 0) is 44.2 Å². The van der Waals surface area contributed by atoms with Gasteiger partial charge in [-0.15, -0.1) is 0 Å². The molecule has 9 heteroatoms. The lowest BCUT2D eigenvalue weighted by Gasteiger charge is -2.35. The molecule has 9 nitrogen and oxygen atoms in total. The van der Waals surface area contributed by atoms with Crippen LogP contribution in [0.15, 0.2) is 47.5 Å². The molecule has 0 bridgehead atoms. The zero-order valence-corrected chi connectivity index (χ0v) is 18.5. The van der Waals surface area contributed by atoms with Crippen molar-refractivity contribution in [1.29, 1.82) is 0 Å². The second-order valence-electron chi connectivity index (χ2n) is 7.90. The molecule has 2 aromatic heterocycles. The summed E-state index contributed by atoms with van der Waals surface area (Å²) in [6.45, 7) is 5.97. The van der Waals surface area contributed by atoms with Gasteiger partial charge in [0.05, 0.1) is 24.3 Å². The van der Waals surface area contributed by atoms with E-state index in [1.54, 1.807) is 53.2 Å². The summed E-state index contributed by atoms with van der Waals surface area (Å²) < 4.78 is 12.5. The lowest BCUT2D eigenvalue weighted by atomic mass is 10.2. The number of nitrogens with zero attached hydrogens (tertiary/aromatic N) is 5. The summed E-state index contributed by atoms with van der Waals surface area (Å²) in [5.74, 6) is 1.67. The minimum Gasteiger partial charge on any atom is -0.497 e. The highest BCUT2D eigenvalue weighted by atomic mass is 16.5. The fraction of sp³-hybridized carbons (Fsp3) is 0.391. The molecule has 4 rings (SSSR count). The minimum absolute atomic E-state index is 0.0195. The molecule has 32 heavy (non-hydrogen) atoms. The van der Waals surface area contributed by atoms with Crippen molar-refractivity contribution in [2.24, 2.45) is 0 Å². The van der Waals surface area contributed by atoms with Crippen molar-refractivity contribution in [3.8, 4) is 11.5 Å². The molecule has 0 radical (unpaired) electrons. The Morgan fingerprint density at radius 2 is 1.75 bits per heavy atom. The molecule has 1 aliphatic heterocycles. The Morgan fingerprint density at radius 1 is 1.06 bits per heavy atom. The van der Waals surface area contributed by atoms with Crippen molar-refractivity contribution < 1.29 is 14.3 Å². The second kappa shape index (κ2) is 9.25. The van der Waals surface area contributed by atoms with Crippen LogP contribution < -0.4 is 19.9 Å². The van der Waals surface area contributed by atoms with E-state index in [1.807, 2.05) is 24.8 Å². The van der Waals surface area contributed by atoms with E-state index in [9.17, 15) is 9.59 Å². The largest absolute Gasteiger partial charge is 0.497 e. The number of amides is 1. The molecular weight excluding hydrogens is 410 g/mol. The van der Waals surface area contributed by atoms with Gasteiger partial charge in [0.25, 0.3) is 11.5 Å². The van der Waals surface area contributed by atoms with Gasteiger partial charge in [0.2, 0.25) is 0 Å². The number of methoxy groups -OCH3 is 1. The number of hydrogen-bond acceptors (Lipinski definition) is 7. The fourth-order valence-corrected chi connectivity index (χ4v) is 3.83. The summed E-state index contributed by atoms with van der Waals surface area (Å²) in [7, 11) is 1.60. The molecule has 0 spiro atoms. The monoisotopic (exact) mass is 437 g/mol. The predicted molar refractivity (Wildman–Crippen MR) is 121 cm³/mol. The first kappa shape index (κ1) is 21.6. The number of anilines is 1. The van der Waals surface area contributed by atoms with E-state index in [1.165, 1.54) is 0 Å². The molecule has 168 valence electrons. The number of piperazine rings is 1. The maximum absolute atomic E-state index is 13.2. The van der Waals surface area contributed by atoms with Gasteiger partial charge in [-0.1, -0.05) is 0 Å². The standard InChI is InChI=1S/C23H27N5O4/c1-16(2)28-20-14-24-9-8-19(20)25-22(23(28)30)27-12-10-26(11-13-27)21(29)15-32-18-6-4-17(31-3)5-7-18/h4-9,14,16H,10-13,15H2,1-3H3. The van der Waals surface area contributed by atoms with Gasteiger partial charge in [0.1, 0.15) is 11.5 Å². The Balaban J connectivity index is 1.42. The van der Waals surface area contributed by atoms with E-state index >= 15 is 0 Å². The van der Waals surface area contributed by atoms with E-state index < -0.39 is 0 Å². The Bertz CT molecular complexity index is 1150. The quantitative estimate of drug-likeness (QED) is 0.583. The number of aromatic nitrogens is 3. The van der Waals surface area contributed by atoms with Crippen LogP contribution in [-0.4, -0.2) is 65.2 Å². The molecule has 1 amide bonds. The van der Waals surface area contributed by atoms with Crippen LogP contribution in [0.1, 0.15) is 19.9 Å². The molecule has 1 aromatic carbocycles. The highest BCUT2D eigenvalue weighted by Gasteiger charge is 2.25. The van der Waals surface area contributed by atoms with Gasteiger partial charge >= 0.3 is 0 Å². The Kier molecular flexibility index (Phi) is 6.25. The number of benzene rings is 1. The third-order valence-electron chi connectivity index (χ3n) is 5.54. The molecule has 1 aliphatic rings. The summed E-state index contributed by atoms with van der Waals surface area (Å²) in [6, 6.07) is 8.90. The first-order valence-corrected chi connectivity index (χ1v) is 10.6. The first-order valence-electron chi connectivity index (χ1n) is 10.6. The van der Waals surface area contributed by atoms with Crippen molar-refractivity contribution in [1.82, 2.24) is 19.4 Å². The van der Waals surface area contributed by atoms with Crippen LogP contribution in [0.2, 0.25) is 0 Å². The molecule has 1 fully saturated rings. The van der Waals surface area contributed by atoms with Gasteiger partial charge in [-0.3, -0.25) is 19.1 Å². The summed E-state index contributed by atoms with van der Waals surface area (Å²) in [4.78, 5) is 38.2. The minimum atomic E-state index is -0.136. The molecule has 0 unspecified atom stereocenters. The number of ether oxygens (including phenoxy) is 2. The van der Waals surface area contributed by atoms with Gasteiger partial charge in [0, 0.05) is 38.4 Å². The molecule has 0 atom stereocenters. The Labute approximate surface area is 186 Å². The Hall–Kier alpha value is -3.62. The zero-order chi connectivity index (χ0) is 22.7. The smallest absolute Gasteiger partial charge is 0.294 e. The maximum atomic E-state index is 13.2. The normalized spacial score (nSPS) is 14.1. The second-order valence-corrected chi connectivity index (χ2v) is 7.90. The first-order chi connectivity index (χ1) is 15.5. The van der Waals surface area contributed by atoms with Crippen LogP contribution in [0.3, 0.4) is 0 Å². The van der Waals surface area contributed by atoms with Gasteiger partial charge in [-0.2, -0.15) is 0 Å². The van der Waals surface area contributed by atoms with Gasteiger partial charge in [-0.25, -0.2) is 4.98 Å². The zero-order valence-electron chi connectivity index (χ0n) is 18.5. The predicted octanol–water partition coefficient (Wildman–Crippen LogP) is 2.11. The lowest BCUT2D eigenvalue weighted by Crippen LogP contribution is -2.51. The van der Waals surface area contributed by atoms with Crippen LogP contribution >= 0.6 is 0 Å². The van der Waals surface area contributed by atoms with Crippen LogP contribution in [-0.2, 0) is 4.79 Å². The van der Waals surface area contributed by atoms with Gasteiger partial charge < -0.3 is 19.3 Å². The molecule has 0 aliphatic carbocycles. The fourth-order valence-electron chi connectivity index (χ4n) is 3.83. The number of hydrogen-bond donors (Lipinski definition) is 0. The van der Waals surface area contributed by atoms with Crippen molar-refractivity contribution in [2.75, 3.05) is 44.8 Å². The number of pyridine rings is 1. The number of carbonyl (C=O) groups is 1. The number of rotatable bonds is 6. The molecule has 3 heterocycles. The molecular formula is C23H27N5O4. The van der Waals surface area contributed by atoms with E-state index in [2.05, 4.69) is 9.97 Å². The van der Waals surface area contributed by atoms with Crippen molar-refractivity contribution in [3.05, 3.63) is 53.1 Å². The highest BCUT2D eigenvalue weighted by molar-refractivity contribution is 5.78. The summed E-state index contributed by atoms with van der Waals surface area (Å²) in [5, 5.41) is 0. The maximum Gasteiger partial charge on any atom is 0.294 e. The number of fused-ring (bicyclic) bond motifs is 1. The topological polar surface area (TPSA) is 89.8 Å². The van der Waals surface area contributed by atoms with E-state index in [-0.39, 0.29) is 24.1 Å². The lowest BCUT2D eigenvalue weighted by molar-refractivity contribution is -0.133. The van der Waals surface area contributed by atoms with Crippen molar-refractivity contribution in [3.63, 3.8) is 0 Å². The molecule has 3 aromatic rings. The van der Waals surface area contributed by atoms with Crippen molar-refractivity contribution in [2.45, 2.75) is 19.9 Å². The third kappa shape index (κ3) is 4.37. The molecule has 0 N–H and O–H groups in total. The van der Waals surface area contributed by atoms with E-state index in [0.29, 0.717) is 37.7 Å². The van der Waals surface area contributed by atoms with Gasteiger partial charge in [0.15, 0.2) is 12.4 Å². The molecule has 0 saturated carbocycles. The van der Waals surface area contributed by atoms with Crippen LogP contribution in [0.25, 0.3) is 11.0 Å². The summed E-state index contributed by atoms with van der Waals surface area (Å²) >= 11 is 0. The van der Waals surface area contributed by atoms with Crippen LogP contribution in [0.5, 0.6) is 11.5 Å². The van der Waals surface area contributed by atoms with Crippen molar-refractivity contribution >= 4 is 22.8 Å². The van der Waals surface area contributed by atoms with E-state index in [4.69, 9.17) is 9.47 Å². The third-order valence-corrected chi connectivity index (χ3v) is 5.54. The SMILES string of the molecule is COc1ccc(OCC(=O)N2CCN(c3nc4ccncc4n(C(C)C)c3=O)CC2)cc1. The number of carbonyl (C=O) groups excluding carboxylic acids is 1. The highest BCUT2D eigenvalue weighted by Crippen LogP contribution is 2.19.